The first-order chi connectivity index (χ1) is 8.13. The van der Waals surface area contributed by atoms with Crippen LogP contribution in [0.2, 0.25) is 0 Å². The first kappa shape index (κ1) is 11.9. The lowest BCUT2D eigenvalue weighted by Crippen LogP contribution is -2.06. The van der Waals surface area contributed by atoms with Gasteiger partial charge in [-0.1, -0.05) is 12.1 Å². The number of hydrogen-bond donors (Lipinski definition) is 3. The molecule has 17 heavy (non-hydrogen) atoms. The van der Waals surface area contributed by atoms with Crippen LogP contribution in [0.25, 0.3) is 0 Å². The molecule has 0 unspecified atom stereocenters. The van der Waals surface area contributed by atoms with Gasteiger partial charge >= 0.3 is 0 Å². The molecule has 1 aromatic heterocycles. The van der Waals surface area contributed by atoms with Crippen LogP contribution in [0.5, 0.6) is 0 Å². The maximum Gasteiger partial charge on any atom is 0.251 e. The van der Waals surface area contributed by atoms with Crippen LogP contribution >= 0.6 is 11.4 Å². The third-order valence-electron chi connectivity index (χ3n) is 2.21. The van der Waals surface area contributed by atoms with E-state index in [1.165, 1.54) is 18.2 Å². The Balaban J connectivity index is 2.29. The number of hydrogen-bond acceptors (Lipinski definition) is 1. The molecule has 0 aliphatic carbocycles. The summed E-state index contributed by atoms with van der Waals surface area (Å²) in [6.07, 6.45) is 0. The van der Waals surface area contributed by atoms with E-state index in [4.69, 9.17) is 0 Å². The number of thiol groups is 1. The Morgan fingerprint density at radius 3 is 2.82 bits per heavy atom. The maximum atomic E-state index is 13.0. The normalized spacial score (nSPS) is 12.2. The van der Waals surface area contributed by atoms with Crippen LogP contribution < -0.4 is 5.56 Å². The molecule has 90 valence electrons. The highest BCUT2D eigenvalue weighted by molar-refractivity contribution is 7.90. The smallest absolute Gasteiger partial charge is 0.251 e. The predicted molar refractivity (Wildman–Crippen MR) is 68.5 cm³/mol. The lowest BCUT2D eigenvalue weighted by molar-refractivity contribution is 0.626. The van der Waals surface area contributed by atoms with E-state index < -0.39 is 0 Å². The minimum atomic E-state index is -0.237. The van der Waals surface area contributed by atoms with Crippen molar-refractivity contribution in [1.82, 2.24) is 9.97 Å². The number of aromatic nitrogens is 2. The van der Waals surface area contributed by atoms with Gasteiger partial charge in [-0.3, -0.25) is 4.79 Å². The standard InChI is InChI=1S/C12H13FN2OS/c1-8-5-11(16)15-12(14-8)17-7-9-3-2-4-10(13)6-9/h2-6,14,17H,7H2,1H3,(H,15,16). The molecule has 0 atom stereocenters. The fourth-order valence-corrected chi connectivity index (χ4v) is 2.47. The Bertz CT molecular complexity index is 645. The van der Waals surface area contributed by atoms with Gasteiger partial charge in [-0.05, 0) is 24.6 Å². The van der Waals surface area contributed by atoms with Crippen LogP contribution in [0.1, 0.15) is 11.3 Å². The van der Waals surface area contributed by atoms with E-state index in [0.29, 0.717) is 5.75 Å². The van der Waals surface area contributed by atoms with Gasteiger partial charge < -0.3 is 9.97 Å². The zero-order chi connectivity index (χ0) is 12.3. The van der Waals surface area contributed by atoms with Crippen LogP contribution in [-0.4, -0.2) is 9.97 Å². The van der Waals surface area contributed by atoms with Crippen molar-refractivity contribution in [2.45, 2.75) is 12.7 Å². The van der Waals surface area contributed by atoms with Crippen molar-refractivity contribution in [1.29, 1.82) is 0 Å². The molecule has 0 amide bonds. The van der Waals surface area contributed by atoms with Gasteiger partial charge in [0.25, 0.3) is 5.56 Å². The topological polar surface area (TPSA) is 48.6 Å². The Kier molecular flexibility index (Phi) is 3.58. The Morgan fingerprint density at radius 2 is 2.12 bits per heavy atom. The second-order valence-electron chi connectivity index (χ2n) is 3.74. The highest BCUT2D eigenvalue weighted by Crippen LogP contribution is 2.09. The summed E-state index contributed by atoms with van der Waals surface area (Å²) in [4.78, 5) is 17.0. The van der Waals surface area contributed by atoms with Gasteiger partial charge in [-0.25, -0.2) is 4.39 Å². The molecule has 1 heterocycles. The molecule has 2 rings (SSSR count). The quantitative estimate of drug-likeness (QED) is 0.557. The Hall–Kier alpha value is -1.62. The van der Waals surface area contributed by atoms with Crippen LogP contribution in [0.15, 0.2) is 35.1 Å². The molecule has 2 N–H and O–H groups in total. The van der Waals surface area contributed by atoms with Crippen LogP contribution in [0.3, 0.4) is 0 Å². The van der Waals surface area contributed by atoms with Crippen LogP contribution in [-0.2, 0) is 5.75 Å². The summed E-state index contributed by atoms with van der Waals surface area (Å²) in [5.74, 6) is 0.424. The second-order valence-corrected chi connectivity index (χ2v) is 4.82. The van der Waals surface area contributed by atoms with Crippen molar-refractivity contribution in [3.05, 3.63) is 62.5 Å². The number of aromatic amines is 2. The van der Waals surface area contributed by atoms with Crippen molar-refractivity contribution in [2.75, 3.05) is 0 Å². The van der Waals surface area contributed by atoms with Crippen LogP contribution in [0.4, 0.5) is 4.39 Å². The monoisotopic (exact) mass is 252 g/mol. The third-order valence-corrected chi connectivity index (χ3v) is 3.28. The molecule has 0 saturated heterocycles. The zero-order valence-electron chi connectivity index (χ0n) is 9.33. The van der Waals surface area contributed by atoms with Gasteiger partial charge in [0, 0.05) is 17.5 Å². The van der Waals surface area contributed by atoms with E-state index in [9.17, 15) is 9.18 Å². The molecule has 0 aliphatic heterocycles. The van der Waals surface area contributed by atoms with Crippen molar-refractivity contribution in [3.63, 3.8) is 0 Å². The molecule has 2 aromatic rings. The van der Waals surface area contributed by atoms with Gasteiger partial charge in [-0.2, -0.15) is 11.4 Å². The Morgan fingerprint density at radius 1 is 1.29 bits per heavy atom. The third kappa shape index (κ3) is 3.42. The molecule has 5 heteroatoms. The summed E-state index contributed by atoms with van der Waals surface area (Å²) >= 11 is 0.913. The SMILES string of the molecule is Cc1cc(=O)[nH]c(=[SH]Cc2cccc(F)c2)[nH]1. The van der Waals surface area contributed by atoms with Gasteiger partial charge in [-0.15, -0.1) is 0 Å². The van der Waals surface area contributed by atoms with Gasteiger partial charge in [0.05, 0.1) is 0 Å². The fraction of sp³-hybridized carbons (Fsp3) is 0.167. The summed E-state index contributed by atoms with van der Waals surface area (Å²) in [5.41, 5.74) is 1.60. The average molecular weight is 252 g/mol. The first-order valence-corrected chi connectivity index (χ1v) is 6.26. The van der Waals surface area contributed by atoms with E-state index in [-0.39, 0.29) is 11.4 Å². The summed E-state index contributed by atoms with van der Waals surface area (Å²) in [7, 11) is 0. The lowest BCUT2D eigenvalue weighted by Gasteiger charge is -1.97. The summed E-state index contributed by atoms with van der Waals surface area (Å²) in [6.45, 7) is 1.83. The lowest BCUT2D eigenvalue weighted by atomic mass is 10.2. The molecule has 3 nitrogen and oxygen atoms in total. The van der Waals surface area contributed by atoms with Crippen molar-refractivity contribution >= 4 is 11.4 Å². The largest absolute Gasteiger partial charge is 0.341 e. The van der Waals surface area contributed by atoms with Gasteiger partial charge in [0.15, 0.2) is 0 Å². The van der Waals surface area contributed by atoms with Crippen molar-refractivity contribution in [2.24, 2.45) is 0 Å². The number of halogens is 1. The summed E-state index contributed by atoms with van der Waals surface area (Å²) in [6, 6.07) is 7.97. The van der Waals surface area contributed by atoms with E-state index in [0.717, 1.165) is 27.4 Å². The molecule has 0 bridgehead atoms. The van der Waals surface area contributed by atoms with E-state index in [1.807, 2.05) is 13.0 Å². The number of nitrogens with one attached hydrogen (secondary N) is 2. The minimum Gasteiger partial charge on any atom is -0.341 e. The highest BCUT2D eigenvalue weighted by Gasteiger charge is 1.93. The molecule has 0 spiro atoms. The first-order valence-electron chi connectivity index (χ1n) is 5.19. The van der Waals surface area contributed by atoms with E-state index in [1.54, 1.807) is 6.07 Å². The number of aryl methyl sites for hydroxylation is 1. The maximum absolute atomic E-state index is 13.0. The number of benzene rings is 1. The minimum absolute atomic E-state index is 0.122. The number of H-pyrrole nitrogens is 2. The molecule has 1 aromatic carbocycles. The fourth-order valence-electron chi connectivity index (χ4n) is 1.49. The molecular formula is C12H13FN2OS. The molecule has 0 saturated carbocycles. The van der Waals surface area contributed by atoms with Crippen LogP contribution in [0, 0.1) is 17.5 Å². The zero-order valence-corrected chi connectivity index (χ0v) is 10.2. The summed E-state index contributed by atoms with van der Waals surface area (Å²) in [5, 5.41) is 0. The average Bonchev–Trinajstić information content (AvgIpc) is 2.25. The predicted octanol–water partition coefficient (Wildman–Crippen LogP) is 2.35. The van der Waals surface area contributed by atoms with Gasteiger partial charge in [0.2, 0.25) is 0 Å². The molecule has 0 radical (unpaired) electrons. The van der Waals surface area contributed by atoms with Crippen molar-refractivity contribution in [3.8, 4) is 0 Å². The summed E-state index contributed by atoms with van der Waals surface area (Å²) < 4.78 is 13.7. The Labute approximate surface area is 101 Å². The second kappa shape index (κ2) is 5.14. The molecule has 0 aliphatic rings. The highest BCUT2D eigenvalue weighted by atomic mass is 32.1. The van der Waals surface area contributed by atoms with E-state index >= 15 is 0 Å². The van der Waals surface area contributed by atoms with E-state index in [2.05, 4.69) is 9.97 Å². The molecule has 0 fully saturated rings. The van der Waals surface area contributed by atoms with Crippen molar-refractivity contribution < 1.29 is 4.39 Å². The van der Waals surface area contributed by atoms with Gasteiger partial charge in [0.1, 0.15) is 10.6 Å². The molecular weight excluding hydrogens is 239 g/mol. The number of rotatable bonds is 2.